The molecular weight excluding hydrogens is 454 g/mol. The van der Waals surface area contributed by atoms with Crippen molar-refractivity contribution in [2.45, 2.75) is 75.8 Å². The maximum absolute atomic E-state index is 8.22. The van der Waals surface area contributed by atoms with Crippen LogP contribution in [0.2, 0.25) is 0 Å². The van der Waals surface area contributed by atoms with Crippen molar-refractivity contribution in [3.63, 3.8) is 0 Å². The molecule has 0 heterocycles. The average Bonchev–Trinajstić information content (AvgIpc) is 2.82. The highest BCUT2D eigenvalue weighted by atomic mass is 15.3. The maximum Gasteiger partial charge on any atom is 0.101 e. The summed E-state index contributed by atoms with van der Waals surface area (Å²) in [6.07, 6.45) is 1.72. The van der Waals surface area contributed by atoms with Crippen molar-refractivity contribution in [1.82, 2.24) is 10.7 Å². The number of aryl methyl sites for hydroxylation is 1. The van der Waals surface area contributed by atoms with E-state index >= 15 is 0 Å². The first-order valence-corrected chi connectivity index (χ1v) is 12.2. The van der Waals surface area contributed by atoms with Crippen LogP contribution >= 0.6 is 0 Å². The van der Waals surface area contributed by atoms with Gasteiger partial charge in [-0.15, -0.1) is 0 Å². The standard InChI is InChI=1S/C15H19N.C6H7N3.C5H12.C4H9N.C2H6/c1-6-13(5)16-10-14-7-8-15(11(2)3)12(4)9-14;1-5(4-7)6(2)9-8-3;1-5(2,3)4;1-4(2)5-3;1-2/h6-9,16H,1-2,5,10H2,3-4H3;9H,1-3H2;1-4H3;1-3H3;1-2H3. The molecule has 0 amide bonds. The first kappa shape index (κ1) is 40.5. The first-order chi connectivity index (χ1) is 17.0. The molecule has 5 nitrogen and oxygen atoms in total. The van der Waals surface area contributed by atoms with E-state index in [0.29, 0.717) is 11.1 Å². The molecule has 0 aromatic heterocycles. The lowest BCUT2D eigenvalue weighted by Crippen LogP contribution is -2.10. The van der Waals surface area contributed by atoms with Gasteiger partial charge in [-0.25, -0.2) is 0 Å². The second-order valence-electron chi connectivity index (χ2n) is 9.52. The van der Waals surface area contributed by atoms with Gasteiger partial charge in [-0.05, 0) is 55.9 Å². The van der Waals surface area contributed by atoms with Gasteiger partial charge in [0.2, 0.25) is 0 Å². The van der Waals surface area contributed by atoms with Gasteiger partial charge in [-0.2, -0.15) is 10.4 Å². The summed E-state index contributed by atoms with van der Waals surface area (Å²) in [5.41, 5.74) is 10.4. The van der Waals surface area contributed by atoms with E-state index in [4.69, 9.17) is 5.26 Å². The Hall–Kier alpha value is -3.65. The van der Waals surface area contributed by atoms with Gasteiger partial charge in [0.05, 0.1) is 11.3 Å². The van der Waals surface area contributed by atoms with Gasteiger partial charge < -0.3 is 5.32 Å². The van der Waals surface area contributed by atoms with Crippen LogP contribution in [0.25, 0.3) is 5.57 Å². The molecule has 0 fully saturated rings. The molecule has 0 aliphatic carbocycles. The van der Waals surface area contributed by atoms with Crippen LogP contribution in [-0.2, 0) is 6.54 Å². The lowest BCUT2D eigenvalue weighted by Gasteiger charge is -2.10. The van der Waals surface area contributed by atoms with Gasteiger partial charge in [0.25, 0.3) is 0 Å². The minimum atomic E-state index is 0.266. The monoisotopic (exact) mass is 507 g/mol. The fourth-order valence-corrected chi connectivity index (χ4v) is 1.83. The summed E-state index contributed by atoms with van der Waals surface area (Å²) in [4.78, 5) is 3.81. The summed E-state index contributed by atoms with van der Waals surface area (Å²) >= 11 is 0. The Labute approximate surface area is 229 Å². The van der Waals surface area contributed by atoms with Crippen molar-refractivity contribution >= 4 is 18.0 Å². The third-order valence-electron chi connectivity index (χ3n) is 3.68. The molecule has 0 aliphatic heterocycles. The number of nitrogens with zero attached hydrogens (tertiary/aromatic N) is 3. The summed E-state index contributed by atoms with van der Waals surface area (Å²) in [5, 5.41) is 14.7. The van der Waals surface area contributed by atoms with Crippen molar-refractivity contribution in [3.05, 3.63) is 90.8 Å². The second kappa shape index (κ2) is 24.1. The number of hydrogen-bond acceptors (Lipinski definition) is 5. The van der Waals surface area contributed by atoms with Crippen molar-refractivity contribution in [2.75, 3.05) is 7.05 Å². The summed E-state index contributed by atoms with van der Waals surface area (Å²) in [5.74, 6) is 0. The molecule has 0 radical (unpaired) electrons. The van der Waals surface area contributed by atoms with E-state index in [1.54, 1.807) is 19.2 Å². The Balaban J connectivity index is -0.000000219. The van der Waals surface area contributed by atoms with Crippen LogP contribution in [0.3, 0.4) is 0 Å². The highest BCUT2D eigenvalue weighted by Crippen LogP contribution is 2.18. The average molecular weight is 508 g/mol. The van der Waals surface area contributed by atoms with E-state index < -0.39 is 0 Å². The summed E-state index contributed by atoms with van der Waals surface area (Å²) in [6.45, 7) is 43.0. The number of rotatable bonds is 8. The molecule has 37 heavy (non-hydrogen) atoms. The Morgan fingerprint density at radius 2 is 1.51 bits per heavy atom. The van der Waals surface area contributed by atoms with Crippen LogP contribution in [0.15, 0.2) is 84.2 Å². The molecule has 0 spiro atoms. The molecule has 0 atom stereocenters. The van der Waals surface area contributed by atoms with Gasteiger partial charge in [-0.3, -0.25) is 10.4 Å². The Morgan fingerprint density at radius 3 is 1.81 bits per heavy atom. The van der Waals surface area contributed by atoms with Gasteiger partial charge in [0, 0.05) is 31.7 Å². The van der Waals surface area contributed by atoms with Crippen molar-refractivity contribution in [2.24, 2.45) is 15.5 Å². The SMILES string of the molecule is C=CC(=C)NCc1ccc(C(=C)C)c(C)c1.C=NNC(=C)C(=C)C#N.CC.CC(C)(C)C.CN=C(C)C. The molecule has 206 valence electrons. The van der Waals surface area contributed by atoms with Crippen LogP contribution in [0.1, 0.15) is 79.0 Å². The fourth-order valence-electron chi connectivity index (χ4n) is 1.83. The van der Waals surface area contributed by atoms with Gasteiger partial charge in [-0.1, -0.05) is 98.2 Å². The minimum Gasteiger partial charge on any atom is -0.381 e. The summed E-state index contributed by atoms with van der Waals surface area (Å²) < 4.78 is 0. The smallest absolute Gasteiger partial charge is 0.101 e. The van der Waals surface area contributed by atoms with Gasteiger partial charge in [0.1, 0.15) is 6.07 Å². The van der Waals surface area contributed by atoms with E-state index in [9.17, 15) is 0 Å². The zero-order valence-corrected chi connectivity index (χ0v) is 25.6. The van der Waals surface area contributed by atoms with Crippen LogP contribution in [0, 0.1) is 23.7 Å². The molecule has 0 unspecified atom stereocenters. The third kappa shape index (κ3) is 30.3. The number of benzene rings is 1. The predicted molar refractivity (Wildman–Crippen MR) is 170 cm³/mol. The van der Waals surface area contributed by atoms with E-state index in [-0.39, 0.29) is 5.57 Å². The molecule has 2 N–H and O–H groups in total. The zero-order valence-electron chi connectivity index (χ0n) is 25.6. The van der Waals surface area contributed by atoms with Crippen molar-refractivity contribution < 1.29 is 0 Å². The predicted octanol–water partition coefficient (Wildman–Crippen LogP) is 8.78. The number of allylic oxidation sites excluding steroid dienone is 3. The van der Waals surface area contributed by atoms with E-state index in [1.165, 1.54) is 16.7 Å². The number of nitrogens with one attached hydrogen (secondary N) is 2. The van der Waals surface area contributed by atoms with E-state index in [2.05, 4.69) is 113 Å². The number of hydrazone groups is 1. The highest BCUT2D eigenvalue weighted by Gasteiger charge is 2.00. The Bertz CT molecular complexity index is 925. The highest BCUT2D eigenvalue weighted by molar-refractivity contribution is 5.78. The number of nitriles is 1. The maximum atomic E-state index is 8.22. The molecule has 1 aromatic carbocycles. The van der Waals surface area contributed by atoms with E-state index in [0.717, 1.165) is 23.5 Å². The first-order valence-electron chi connectivity index (χ1n) is 12.2. The van der Waals surface area contributed by atoms with Gasteiger partial charge >= 0.3 is 0 Å². The molecule has 5 heteroatoms. The Kier molecular flexibility index (Phi) is 26.3. The molecule has 1 rings (SSSR count). The molecule has 0 saturated carbocycles. The summed E-state index contributed by atoms with van der Waals surface area (Å²) in [7, 11) is 1.79. The second-order valence-corrected chi connectivity index (χ2v) is 9.52. The third-order valence-corrected chi connectivity index (χ3v) is 3.68. The van der Waals surface area contributed by atoms with Crippen LogP contribution in [0.4, 0.5) is 0 Å². The fraction of sp³-hybridized carbons (Fsp3) is 0.406. The van der Waals surface area contributed by atoms with Gasteiger partial charge in [0.15, 0.2) is 0 Å². The lowest BCUT2D eigenvalue weighted by molar-refractivity contribution is 0.469. The minimum absolute atomic E-state index is 0.266. The van der Waals surface area contributed by atoms with Crippen LogP contribution in [0.5, 0.6) is 0 Å². The number of aliphatic imine (C=N–C) groups is 1. The molecule has 0 aliphatic rings. The van der Waals surface area contributed by atoms with Crippen molar-refractivity contribution in [1.29, 1.82) is 5.26 Å². The molecular formula is C32H53N5. The normalized spacial score (nSPS) is 8.59. The van der Waals surface area contributed by atoms with Crippen LogP contribution < -0.4 is 10.7 Å². The molecule has 0 bridgehead atoms. The van der Waals surface area contributed by atoms with E-state index in [1.807, 2.05) is 34.6 Å². The van der Waals surface area contributed by atoms with Crippen LogP contribution in [-0.4, -0.2) is 19.5 Å². The molecule has 0 saturated heterocycles. The number of hydrogen-bond donors (Lipinski definition) is 2. The topological polar surface area (TPSA) is 72.6 Å². The zero-order chi connectivity index (χ0) is 30.2. The summed E-state index contributed by atoms with van der Waals surface area (Å²) in [6, 6.07) is 8.21. The molecule has 1 aromatic rings. The van der Waals surface area contributed by atoms with Crippen molar-refractivity contribution in [3.8, 4) is 6.07 Å². The largest absolute Gasteiger partial charge is 0.381 e. The lowest BCUT2D eigenvalue weighted by atomic mass is 10.0. The quantitative estimate of drug-likeness (QED) is 0.160. The Morgan fingerprint density at radius 1 is 1.05 bits per heavy atom.